The summed E-state index contributed by atoms with van der Waals surface area (Å²) >= 11 is 1.87. The van der Waals surface area contributed by atoms with E-state index in [4.69, 9.17) is 9.97 Å². The van der Waals surface area contributed by atoms with Crippen molar-refractivity contribution in [2.75, 3.05) is 0 Å². The van der Waals surface area contributed by atoms with Crippen molar-refractivity contribution in [3.63, 3.8) is 0 Å². The van der Waals surface area contributed by atoms with Crippen LogP contribution in [-0.2, 0) is 5.41 Å². The highest BCUT2D eigenvalue weighted by atomic mass is 32.1. The number of pyridine rings is 1. The van der Waals surface area contributed by atoms with Crippen LogP contribution in [0.1, 0.15) is 22.3 Å². The molecule has 0 aliphatic heterocycles. The molecule has 0 saturated carbocycles. The molecule has 3 aromatic heterocycles. The topological polar surface area (TPSA) is 29.9 Å². The van der Waals surface area contributed by atoms with Gasteiger partial charge in [-0.2, -0.15) is 4.40 Å². The van der Waals surface area contributed by atoms with Crippen LogP contribution in [0.15, 0.2) is 206 Å². The van der Waals surface area contributed by atoms with Crippen molar-refractivity contribution in [1.82, 2.24) is 9.97 Å². The molecule has 3 nitrogen and oxygen atoms in total. The third kappa shape index (κ3) is 4.89. The fourth-order valence-electron chi connectivity index (χ4n) is 9.45. The smallest absolute Gasteiger partial charge is 0.199 e. The van der Waals surface area contributed by atoms with E-state index >= 15 is 0 Å². The number of thiophene rings is 1. The molecular formula is C54H34N3S+. The van der Waals surface area contributed by atoms with Gasteiger partial charge >= 0.3 is 5.82 Å². The number of rotatable bonds is 5. The average Bonchev–Trinajstić information content (AvgIpc) is 3.82. The van der Waals surface area contributed by atoms with Gasteiger partial charge in [0.05, 0.1) is 22.7 Å². The summed E-state index contributed by atoms with van der Waals surface area (Å²) in [7, 11) is 0. The van der Waals surface area contributed by atoms with Crippen molar-refractivity contribution < 1.29 is 4.40 Å². The summed E-state index contributed by atoms with van der Waals surface area (Å²) in [5.41, 5.74) is 12.4. The number of aromatic nitrogens is 3. The number of fused-ring (bicyclic) bond motifs is 8. The molecule has 0 atom stereocenters. The van der Waals surface area contributed by atoms with Crippen LogP contribution in [0.5, 0.6) is 0 Å². The first-order chi connectivity index (χ1) is 28.7. The SMILES string of the molecule is c1ccc2c(c1)-c1ccccc1C2(c1ccc(-c2nc(-c3ccc(-c4cccc5ccccc45)cc3)[n+]3ccccc3n2)cc1)c1ccc2c(c1)sc1ccccc12. The van der Waals surface area contributed by atoms with Gasteiger partial charge in [-0.3, -0.25) is 0 Å². The lowest BCUT2D eigenvalue weighted by atomic mass is 9.67. The first-order valence-corrected chi connectivity index (χ1v) is 20.5. The summed E-state index contributed by atoms with van der Waals surface area (Å²) in [6.07, 6.45) is 2.04. The summed E-state index contributed by atoms with van der Waals surface area (Å²) in [6, 6.07) is 72.7. The Kier molecular flexibility index (Phi) is 7.31. The predicted molar refractivity (Wildman–Crippen MR) is 239 cm³/mol. The number of benzene rings is 8. The first-order valence-electron chi connectivity index (χ1n) is 19.7. The molecule has 0 N–H and O–H groups in total. The van der Waals surface area contributed by atoms with E-state index in [0.717, 1.165) is 22.6 Å². The summed E-state index contributed by atoms with van der Waals surface area (Å²) in [5.74, 6) is 1.54. The fraction of sp³-hybridized carbons (Fsp3) is 0.0185. The third-order valence-corrected chi connectivity index (χ3v) is 13.2. The molecule has 270 valence electrons. The lowest BCUT2D eigenvalue weighted by Crippen LogP contribution is -2.28. The summed E-state index contributed by atoms with van der Waals surface area (Å²) in [5, 5.41) is 5.10. The van der Waals surface area contributed by atoms with Gasteiger partial charge in [0.25, 0.3) is 11.5 Å². The molecular weight excluding hydrogens is 723 g/mol. The zero-order chi connectivity index (χ0) is 38.2. The van der Waals surface area contributed by atoms with E-state index in [1.165, 1.54) is 75.5 Å². The number of hydrogen-bond acceptors (Lipinski definition) is 3. The monoisotopic (exact) mass is 756 g/mol. The van der Waals surface area contributed by atoms with Gasteiger partial charge in [0, 0.05) is 26.2 Å². The lowest BCUT2D eigenvalue weighted by Gasteiger charge is -2.34. The van der Waals surface area contributed by atoms with Crippen LogP contribution in [0.3, 0.4) is 0 Å². The Morgan fingerprint density at radius 3 is 1.83 bits per heavy atom. The molecule has 0 amide bonds. The van der Waals surface area contributed by atoms with Gasteiger partial charge in [-0.25, -0.2) is 0 Å². The third-order valence-electron chi connectivity index (χ3n) is 12.1. The minimum absolute atomic E-state index is 0.507. The van der Waals surface area contributed by atoms with E-state index in [9.17, 15) is 0 Å². The maximum Gasteiger partial charge on any atom is 0.308 e. The van der Waals surface area contributed by atoms with Crippen LogP contribution < -0.4 is 4.40 Å². The molecule has 4 heteroatoms. The standard InChI is InChI=1S/C54H34N3S/c1-2-14-41-35(12-1)13-11-18-42(41)36-23-25-38(26-24-36)53-56-52(55-51-22-9-10-33-57(51)53)37-27-29-39(30-28-37)54(47-19-6-3-15-43(47)44-16-4-7-20-48(44)54)40-31-32-46-45-17-5-8-21-49(45)58-50(46)34-40/h1-34H/q+1. The summed E-state index contributed by atoms with van der Waals surface area (Å²) in [4.78, 5) is 10.4. The molecule has 1 aliphatic carbocycles. The largest absolute Gasteiger partial charge is 0.308 e. The molecule has 0 unspecified atom stereocenters. The van der Waals surface area contributed by atoms with Crippen LogP contribution in [0, 0.1) is 0 Å². The van der Waals surface area contributed by atoms with Gasteiger partial charge in [-0.05, 0) is 97.7 Å². The molecule has 3 heterocycles. The lowest BCUT2D eigenvalue weighted by molar-refractivity contribution is -0.505. The van der Waals surface area contributed by atoms with E-state index in [-0.39, 0.29) is 0 Å². The minimum Gasteiger partial charge on any atom is -0.199 e. The van der Waals surface area contributed by atoms with Crippen molar-refractivity contribution in [3.05, 3.63) is 229 Å². The molecule has 1 aliphatic rings. The highest BCUT2D eigenvalue weighted by molar-refractivity contribution is 7.25. The molecule has 0 spiro atoms. The van der Waals surface area contributed by atoms with Crippen molar-refractivity contribution in [2.24, 2.45) is 0 Å². The Bertz CT molecular complexity index is 3350. The Morgan fingerprint density at radius 1 is 0.414 bits per heavy atom. The van der Waals surface area contributed by atoms with Gasteiger partial charge in [0.15, 0.2) is 0 Å². The number of hydrogen-bond donors (Lipinski definition) is 0. The van der Waals surface area contributed by atoms with E-state index in [0.29, 0.717) is 5.82 Å². The zero-order valence-corrected chi connectivity index (χ0v) is 32.2. The Hall–Kier alpha value is -7.27. The van der Waals surface area contributed by atoms with E-state index < -0.39 is 5.41 Å². The molecule has 12 rings (SSSR count). The molecule has 0 radical (unpaired) electrons. The zero-order valence-electron chi connectivity index (χ0n) is 31.4. The second-order valence-corrected chi connectivity index (χ2v) is 16.2. The highest BCUT2D eigenvalue weighted by Crippen LogP contribution is 2.56. The quantitative estimate of drug-likeness (QED) is 0.164. The normalized spacial score (nSPS) is 13.0. The second kappa shape index (κ2) is 12.9. The van der Waals surface area contributed by atoms with Crippen molar-refractivity contribution in [2.45, 2.75) is 5.41 Å². The molecule has 8 aromatic carbocycles. The minimum atomic E-state index is -0.507. The molecule has 0 fully saturated rings. The van der Waals surface area contributed by atoms with E-state index in [1.807, 2.05) is 29.7 Å². The summed E-state index contributed by atoms with van der Waals surface area (Å²) < 4.78 is 4.70. The van der Waals surface area contributed by atoms with Gasteiger partial charge in [0.1, 0.15) is 0 Å². The van der Waals surface area contributed by atoms with Crippen molar-refractivity contribution in [1.29, 1.82) is 0 Å². The Balaban J connectivity index is 0.999. The fourth-order valence-corrected chi connectivity index (χ4v) is 10.6. The predicted octanol–water partition coefficient (Wildman–Crippen LogP) is 13.1. The van der Waals surface area contributed by atoms with Crippen LogP contribution >= 0.6 is 11.3 Å². The van der Waals surface area contributed by atoms with Crippen LogP contribution in [-0.4, -0.2) is 9.97 Å². The second-order valence-electron chi connectivity index (χ2n) is 15.1. The maximum absolute atomic E-state index is 5.28. The van der Waals surface area contributed by atoms with Crippen LogP contribution in [0.25, 0.3) is 81.6 Å². The molecule has 11 aromatic rings. The molecule has 58 heavy (non-hydrogen) atoms. The van der Waals surface area contributed by atoms with Crippen molar-refractivity contribution in [3.8, 4) is 45.0 Å². The number of nitrogens with zero attached hydrogens (tertiary/aromatic N) is 3. The van der Waals surface area contributed by atoms with Gasteiger partial charge < -0.3 is 0 Å². The van der Waals surface area contributed by atoms with Crippen molar-refractivity contribution >= 4 is 47.9 Å². The molecule has 0 bridgehead atoms. The van der Waals surface area contributed by atoms with Gasteiger partial charge in [-0.15, -0.1) is 11.3 Å². The Morgan fingerprint density at radius 2 is 1.02 bits per heavy atom. The van der Waals surface area contributed by atoms with E-state index in [2.05, 4.69) is 192 Å². The molecule has 0 saturated heterocycles. The van der Waals surface area contributed by atoms with Gasteiger partial charge in [-0.1, -0.05) is 162 Å². The highest BCUT2D eigenvalue weighted by Gasteiger charge is 2.46. The first kappa shape index (κ1) is 32.9. The average molecular weight is 757 g/mol. The van der Waals surface area contributed by atoms with Crippen LogP contribution in [0.2, 0.25) is 0 Å². The van der Waals surface area contributed by atoms with Crippen LogP contribution in [0.4, 0.5) is 0 Å². The maximum atomic E-state index is 5.28. The van der Waals surface area contributed by atoms with Gasteiger partial charge in [0.2, 0.25) is 0 Å². The van der Waals surface area contributed by atoms with E-state index in [1.54, 1.807) is 0 Å². The Labute approximate surface area is 339 Å². The summed E-state index contributed by atoms with van der Waals surface area (Å²) in [6.45, 7) is 0.